The Bertz CT molecular complexity index is 757. The number of nitrogens with zero attached hydrogens (tertiary/aromatic N) is 1. The highest BCUT2D eigenvalue weighted by Gasteiger charge is 2.38. The van der Waals surface area contributed by atoms with Gasteiger partial charge in [-0.3, -0.25) is 4.90 Å². The maximum atomic E-state index is 5.31. The summed E-state index contributed by atoms with van der Waals surface area (Å²) in [5, 5.41) is 0. The zero-order valence-corrected chi connectivity index (χ0v) is 18.5. The fourth-order valence-electron chi connectivity index (χ4n) is 4.88. The van der Waals surface area contributed by atoms with Crippen molar-refractivity contribution >= 4 is 0 Å². The second-order valence-corrected chi connectivity index (χ2v) is 9.73. The highest BCUT2D eigenvalue weighted by molar-refractivity contribution is 5.34. The fraction of sp³-hybridized carbons (Fsp3) is 0.538. The van der Waals surface area contributed by atoms with Crippen molar-refractivity contribution in [2.24, 2.45) is 11.3 Å². The Labute approximate surface area is 171 Å². The van der Waals surface area contributed by atoms with Crippen molar-refractivity contribution in [1.29, 1.82) is 0 Å². The minimum absolute atomic E-state index is 0.320. The van der Waals surface area contributed by atoms with Crippen LogP contribution in [-0.4, -0.2) is 25.1 Å². The molecule has 0 aromatic heterocycles. The Balaban J connectivity index is 1.85. The van der Waals surface area contributed by atoms with Crippen LogP contribution in [0.1, 0.15) is 69.6 Å². The summed E-state index contributed by atoms with van der Waals surface area (Å²) >= 11 is 0. The summed E-state index contributed by atoms with van der Waals surface area (Å²) < 4.78 is 5.31. The molecular formula is C26H37NO. The number of ether oxygens (including phenoxy) is 1. The van der Waals surface area contributed by atoms with E-state index in [1.54, 1.807) is 12.7 Å². The van der Waals surface area contributed by atoms with Crippen LogP contribution in [0.4, 0.5) is 0 Å². The van der Waals surface area contributed by atoms with Gasteiger partial charge in [-0.25, -0.2) is 0 Å². The second-order valence-electron chi connectivity index (χ2n) is 9.73. The largest absolute Gasteiger partial charge is 0.497 e. The van der Waals surface area contributed by atoms with Crippen LogP contribution in [-0.2, 0) is 6.54 Å². The molecule has 0 bridgehead atoms. The summed E-state index contributed by atoms with van der Waals surface area (Å²) in [6, 6.07) is 17.7. The van der Waals surface area contributed by atoms with E-state index in [1.807, 2.05) is 0 Å². The first-order chi connectivity index (χ1) is 13.3. The lowest BCUT2D eigenvalue weighted by molar-refractivity contribution is 0.0827. The molecule has 2 nitrogen and oxygen atoms in total. The van der Waals surface area contributed by atoms with Gasteiger partial charge >= 0.3 is 0 Å². The van der Waals surface area contributed by atoms with Crippen LogP contribution < -0.4 is 4.74 Å². The Morgan fingerprint density at radius 3 is 2.32 bits per heavy atom. The Hall–Kier alpha value is -1.80. The summed E-state index contributed by atoms with van der Waals surface area (Å²) in [6.07, 6.45) is 1.26. The van der Waals surface area contributed by atoms with E-state index in [4.69, 9.17) is 4.74 Å². The quantitative estimate of drug-likeness (QED) is 0.590. The van der Waals surface area contributed by atoms with E-state index < -0.39 is 0 Å². The number of likely N-dealkylation sites (tertiary alicyclic amines) is 1. The number of hydrogen-bond donors (Lipinski definition) is 0. The highest BCUT2D eigenvalue weighted by atomic mass is 16.5. The van der Waals surface area contributed by atoms with Crippen molar-refractivity contribution in [3.05, 3.63) is 65.2 Å². The van der Waals surface area contributed by atoms with Crippen LogP contribution in [0.15, 0.2) is 48.5 Å². The predicted octanol–water partition coefficient (Wildman–Crippen LogP) is 6.47. The van der Waals surface area contributed by atoms with Crippen LogP contribution >= 0.6 is 0 Å². The van der Waals surface area contributed by atoms with Crippen molar-refractivity contribution < 1.29 is 4.74 Å². The van der Waals surface area contributed by atoms with E-state index in [2.05, 4.69) is 88.0 Å². The van der Waals surface area contributed by atoms with Crippen LogP contribution in [0, 0.1) is 11.3 Å². The Morgan fingerprint density at radius 2 is 1.71 bits per heavy atom. The molecule has 1 heterocycles. The summed E-state index contributed by atoms with van der Waals surface area (Å²) in [7, 11) is 1.73. The Kier molecular flexibility index (Phi) is 6.50. The number of benzene rings is 2. The van der Waals surface area contributed by atoms with Gasteiger partial charge in [0.05, 0.1) is 7.11 Å². The van der Waals surface area contributed by atoms with E-state index >= 15 is 0 Å². The normalized spacial score (nSPS) is 21.1. The summed E-state index contributed by atoms with van der Waals surface area (Å²) in [4.78, 5) is 2.64. The molecule has 2 atom stereocenters. The van der Waals surface area contributed by atoms with Crippen molar-refractivity contribution in [1.82, 2.24) is 4.90 Å². The first-order valence-corrected chi connectivity index (χ1v) is 10.7. The first-order valence-electron chi connectivity index (χ1n) is 10.7. The molecule has 28 heavy (non-hydrogen) atoms. The van der Waals surface area contributed by atoms with Gasteiger partial charge in [0.25, 0.3) is 0 Å². The smallest absolute Gasteiger partial charge is 0.118 e. The van der Waals surface area contributed by atoms with Gasteiger partial charge in [-0.05, 0) is 59.0 Å². The third-order valence-electron chi connectivity index (χ3n) is 6.39. The summed E-state index contributed by atoms with van der Waals surface area (Å²) in [5.74, 6) is 2.79. The van der Waals surface area contributed by atoms with Gasteiger partial charge < -0.3 is 4.74 Å². The molecule has 2 unspecified atom stereocenters. The van der Waals surface area contributed by atoms with E-state index in [-0.39, 0.29) is 0 Å². The van der Waals surface area contributed by atoms with E-state index in [0.29, 0.717) is 23.2 Å². The lowest BCUT2D eigenvalue weighted by Gasteiger charge is -2.45. The van der Waals surface area contributed by atoms with Gasteiger partial charge in [-0.2, -0.15) is 0 Å². The van der Waals surface area contributed by atoms with Crippen LogP contribution in [0.2, 0.25) is 0 Å². The van der Waals surface area contributed by atoms with Gasteiger partial charge in [0.15, 0.2) is 0 Å². The molecule has 0 N–H and O–H groups in total. The van der Waals surface area contributed by atoms with Crippen LogP contribution in [0.3, 0.4) is 0 Å². The molecule has 3 rings (SSSR count). The highest BCUT2D eigenvalue weighted by Crippen LogP contribution is 2.45. The molecule has 0 saturated carbocycles. The molecule has 2 aromatic carbocycles. The lowest BCUT2D eigenvalue weighted by Crippen LogP contribution is -2.43. The second kappa shape index (κ2) is 8.69. The monoisotopic (exact) mass is 379 g/mol. The van der Waals surface area contributed by atoms with Crippen LogP contribution in [0.5, 0.6) is 5.75 Å². The topological polar surface area (TPSA) is 12.5 Å². The minimum Gasteiger partial charge on any atom is -0.497 e. The van der Waals surface area contributed by atoms with E-state index in [9.17, 15) is 0 Å². The molecule has 152 valence electrons. The third-order valence-corrected chi connectivity index (χ3v) is 6.39. The lowest BCUT2D eigenvalue weighted by atomic mass is 9.66. The summed E-state index contributed by atoms with van der Waals surface area (Å²) in [5.41, 5.74) is 4.77. The molecule has 2 heteroatoms. The maximum Gasteiger partial charge on any atom is 0.118 e. The predicted molar refractivity (Wildman–Crippen MR) is 119 cm³/mol. The third kappa shape index (κ3) is 4.78. The zero-order valence-electron chi connectivity index (χ0n) is 18.5. The van der Waals surface area contributed by atoms with Crippen molar-refractivity contribution in [3.63, 3.8) is 0 Å². The molecule has 1 fully saturated rings. The number of hydrogen-bond acceptors (Lipinski definition) is 2. The molecule has 0 aliphatic carbocycles. The van der Waals surface area contributed by atoms with Gasteiger partial charge in [0, 0.05) is 19.0 Å². The zero-order chi connectivity index (χ0) is 20.3. The van der Waals surface area contributed by atoms with E-state index in [1.165, 1.54) is 24.1 Å². The van der Waals surface area contributed by atoms with Gasteiger partial charge in [0.2, 0.25) is 0 Å². The molecule has 0 spiro atoms. The van der Waals surface area contributed by atoms with Crippen molar-refractivity contribution in [3.8, 4) is 5.75 Å². The average Bonchev–Trinajstić information content (AvgIpc) is 2.67. The summed E-state index contributed by atoms with van der Waals surface area (Å²) in [6.45, 7) is 15.2. The van der Waals surface area contributed by atoms with Crippen molar-refractivity contribution in [2.75, 3.05) is 20.2 Å². The molecule has 0 radical (unpaired) electrons. The fourth-order valence-corrected chi connectivity index (χ4v) is 4.88. The number of methoxy groups -OCH3 is 1. The first kappa shape index (κ1) is 20.9. The van der Waals surface area contributed by atoms with Gasteiger partial charge in [-0.1, -0.05) is 71.0 Å². The van der Waals surface area contributed by atoms with Gasteiger partial charge in [-0.15, -0.1) is 0 Å². The SMILES string of the molecule is COc1ccc(CN2CCC(C(C)(C)C)C(c3ccccc3C(C)C)C2)cc1. The molecule has 2 aromatic rings. The van der Waals surface area contributed by atoms with Crippen molar-refractivity contribution in [2.45, 2.75) is 59.4 Å². The Morgan fingerprint density at radius 1 is 1.04 bits per heavy atom. The average molecular weight is 380 g/mol. The van der Waals surface area contributed by atoms with E-state index in [0.717, 1.165) is 18.8 Å². The number of piperidine rings is 1. The molecule has 0 amide bonds. The molecular weight excluding hydrogens is 342 g/mol. The molecule has 1 aliphatic rings. The van der Waals surface area contributed by atoms with Crippen LogP contribution in [0.25, 0.3) is 0 Å². The molecule has 1 aliphatic heterocycles. The molecule has 1 saturated heterocycles. The van der Waals surface area contributed by atoms with Gasteiger partial charge in [0.1, 0.15) is 5.75 Å². The maximum absolute atomic E-state index is 5.31. The number of rotatable bonds is 5. The standard InChI is InChI=1S/C26H37NO/c1-19(2)22-9-7-8-10-23(22)24-18-27(16-15-25(24)26(3,4)5)17-20-11-13-21(28-6)14-12-20/h7-14,19,24-25H,15-18H2,1-6H3. The minimum atomic E-state index is 0.320.